The lowest BCUT2D eigenvalue weighted by atomic mass is 9.92. The summed E-state index contributed by atoms with van der Waals surface area (Å²) in [5.41, 5.74) is 0.264. The first-order valence-corrected chi connectivity index (χ1v) is 9.67. The summed E-state index contributed by atoms with van der Waals surface area (Å²) in [7, 11) is 0. The molecule has 1 aromatic carbocycles. The average Bonchev–Trinajstić information content (AvgIpc) is 2.68. The Morgan fingerprint density at radius 1 is 1.19 bits per heavy atom. The summed E-state index contributed by atoms with van der Waals surface area (Å²) in [6.45, 7) is 7.93. The maximum atomic E-state index is 13.3. The fourth-order valence-electron chi connectivity index (χ4n) is 3.98. The molecular weight excluding hydrogens is 351 g/mol. The molecule has 0 radical (unpaired) electrons. The third kappa shape index (κ3) is 4.74. The Hall–Kier alpha value is -2.22. The molecule has 1 amide bonds. The van der Waals surface area contributed by atoms with Crippen LogP contribution >= 0.6 is 0 Å². The molecule has 2 aliphatic rings. The van der Waals surface area contributed by atoms with Crippen LogP contribution < -0.4 is 4.90 Å². The molecule has 2 aliphatic heterocycles. The molecule has 0 N–H and O–H groups in total. The number of likely N-dealkylation sites (N-methyl/N-ethyl adjacent to an activating group) is 1. The van der Waals surface area contributed by atoms with Gasteiger partial charge in [-0.25, -0.2) is 4.39 Å². The third-order valence-electron chi connectivity index (χ3n) is 5.72. The van der Waals surface area contributed by atoms with E-state index in [1.54, 1.807) is 0 Å². The molecule has 0 saturated carbocycles. The van der Waals surface area contributed by atoms with Gasteiger partial charge in [-0.2, -0.15) is 0 Å². The number of nitrogens with zero attached hydrogens (tertiary/aromatic N) is 4. The molecule has 7 nitrogen and oxygen atoms in total. The van der Waals surface area contributed by atoms with Crippen molar-refractivity contribution in [3.63, 3.8) is 0 Å². The average molecular weight is 378 g/mol. The van der Waals surface area contributed by atoms with E-state index in [1.807, 2.05) is 9.80 Å². The highest BCUT2D eigenvalue weighted by molar-refractivity contribution is 5.76. The first kappa shape index (κ1) is 19.5. The molecule has 1 aromatic rings. The van der Waals surface area contributed by atoms with Crippen LogP contribution in [0.3, 0.4) is 0 Å². The minimum Gasteiger partial charge on any atom is -0.366 e. The summed E-state index contributed by atoms with van der Waals surface area (Å²) in [6.07, 6.45) is 2.18. The second kappa shape index (κ2) is 8.65. The molecule has 2 saturated heterocycles. The molecule has 2 fully saturated rings. The first-order valence-electron chi connectivity index (χ1n) is 9.67. The number of piperidine rings is 1. The Labute approximate surface area is 158 Å². The maximum absolute atomic E-state index is 13.3. The van der Waals surface area contributed by atoms with E-state index >= 15 is 0 Å². The van der Waals surface area contributed by atoms with E-state index in [2.05, 4.69) is 11.8 Å². The molecule has 0 atom stereocenters. The summed E-state index contributed by atoms with van der Waals surface area (Å²) in [4.78, 5) is 29.5. The molecule has 27 heavy (non-hydrogen) atoms. The van der Waals surface area contributed by atoms with Crippen LogP contribution in [0.25, 0.3) is 0 Å². The summed E-state index contributed by atoms with van der Waals surface area (Å²) in [5, 5.41) is 11.2. The van der Waals surface area contributed by atoms with Crippen LogP contribution in [0.5, 0.6) is 0 Å². The summed E-state index contributed by atoms with van der Waals surface area (Å²) >= 11 is 0. The van der Waals surface area contributed by atoms with Gasteiger partial charge in [0.2, 0.25) is 5.91 Å². The van der Waals surface area contributed by atoms with Crippen molar-refractivity contribution in [2.24, 2.45) is 5.92 Å². The Morgan fingerprint density at radius 2 is 1.85 bits per heavy atom. The predicted octanol–water partition coefficient (Wildman–Crippen LogP) is 2.50. The van der Waals surface area contributed by atoms with Crippen LogP contribution in [-0.2, 0) is 4.79 Å². The molecule has 3 rings (SSSR count). The number of rotatable bonds is 5. The lowest BCUT2D eigenvalue weighted by Gasteiger charge is -2.36. The molecule has 8 heteroatoms. The molecule has 0 aliphatic carbocycles. The molecule has 0 aromatic heterocycles. The van der Waals surface area contributed by atoms with Crippen molar-refractivity contribution in [2.45, 2.75) is 26.2 Å². The number of piperazine rings is 1. The van der Waals surface area contributed by atoms with Gasteiger partial charge >= 0.3 is 0 Å². The van der Waals surface area contributed by atoms with E-state index in [9.17, 15) is 19.3 Å². The van der Waals surface area contributed by atoms with Crippen LogP contribution in [0.4, 0.5) is 15.8 Å². The predicted molar refractivity (Wildman–Crippen MR) is 101 cm³/mol. The van der Waals surface area contributed by atoms with E-state index in [1.165, 1.54) is 12.1 Å². The largest absolute Gasteiger partial charge is 0.366 e. The van der Waals surface area contributed by atoms with Gasteiger partial charge in [-0.15, -0.1) is 0 Å². The number of hydrogen-bond acceptors (Lipinski definition) is 5. The Balaban J connectivity index is 1.52. The zero-order chi connectivity index (χ0) is 19.4. The van der Waals surface area contributed by atoms with Gasteiger partial charge in [0.1, 0.15) is 11.5 Å². The number of halogens is 1. The zero-order valence-corrected chi connectivity index (χ0v) is 15.8. The number of carbonyl (C=O) groups is 1. The molecule has 0 bridgehead atoms. The van der Waals surface area contributed by atoms with Gasteiger partial charge in [-0.05, 0) is 37.4 Å². The van der Waals surface area contributed by atoms with Crippen LogP contribution in [-0.4, -0.2) is 66.4 Å². The Morgan fingerprint density at radius 3 is 2.44 bits per heavy atom. The number of nitro groups is 1. The van der Waals surface area contributed by atoms with E-state index in [0.29, 0.717) is 31.1 Å². The van der Waals surface area contributed by atoms with Crippen molar-refractivity contribution < 1.29 is 14.1 Å². The molecular formula is C19H27FN4O3. The summed E-state index contributed by atoms with van der Waals surface area (Å²) in [6, 6.07) is 3.71. The molecule has 148 valence electrons. The van der Waals surface area contributed by atoms with Crippen LogP contribution in [0.2, 0.25) is 0 Å². The van der Waals surface area contributed by atoms with Gasteiger partial charge in [-0.3, -0.25) is 14.9 Å². The van der Waals surface area contributed by atoms with Gasteiger partial charge < -0.3 is 14.7 Å². The summed E-state index contributed by atoms with van der Waals surface area (Å²) in [5.74, 6) is -0.0801. The number of amides is 1. The van der Waals surface area contributed by atoms with E-state index in [-0.39, 0.29) is 11.6 Å². The number of nitro benzene ring substituents is 1. The number of hydrogen-bond donors (Lipinski definition) is 0. The number of carbonyl (C=O) groups excluding carboxylic acids is 1. The smallest absolute Gasteiger partial charge is 0.295 e. The minimum atomic E-state index is -0.603. The summed E-state index contributed by atoms with van der Waals surface area (Å²) < 4.78 is 13.3. The minimum absolute atomic E-state index is 0.196. The highest BCUT2D eigenvalue weighted by Crippen LogP contribution is 2.32. The van der Waals surface area contributed by atoms with Crippen molar-refractivity contribution in [3.8, 4) is 0 Å². The SMILES string of the molecule is CCN1CCN(C(=O)CC2CCN(c3ccc(F)cc3[N+](=O)[O-])CC2)CC1. The van der Waals surface area contributed by atoms with E-state index in [0.717, 1.165) is 51.6 Å². The van der Waals surface area contributed by atoms with Gasteiger partial charge in [0.15, 0.2) is 0 Å². The van der Waals surface area contributed by atoms with Crippen molar-refractivity contribution in [3.05, 3.63) is 34.1 Å². The molecule has 0 spiro atoms. The zero-order valence-electron chi connectivity index (χ0n) is 15.8. The lowest BCUT2D eigenvalue weighted by Crippen LogP contribution is -2.49. The standard InChI is InChI=1S/C19H27FN4O3/c1-2-21-9-11-23(12-10-21)19(25)13-15-5-7-22(8-6-15)17-4-3-16(20)14-18(17)24(26)27/h3-4,14-15H,2,5-13H2,1H3. The second-order valence-electron chi connectivity index (χ2n) is 7.34. The topological polar surface area (TPSA) is 69.9 Å². The van der Waals surface area contributed by atoms with Crippen molar-refractivity contribution in [1.82, 2.24) is 9.80 Å². The number of anilines is 1. The molecule has 0 unspecified atom stereocenters. The van der Waals surface area contributed by atoms with Gasteiger partial charge in [0, 0.05) is 45.7 Å². The fourth-order valence-corrected chi connectivity index (χ4v) is 3.98. The van der Waals surface area contributed by atoms with Crippen molar-refractivity contribution >= 4 is 17.3 Å². The lowest BCUT2D eigenvalue weighted by molar-refractivity contribution is -0.384. The highest BCUT2D eigenvalue weighted by Gasteiger charge is 2.28. The number of benzene rings is 1. The second-order valence-corrected chi connectivity index (χ2v) is 7.34. The van der Waals surface area contributed by atoms with Gasteiger partial charge in [0.05, 0.1) is 11.0 Å². The Kier molecular flexibility index (Phi) is 6.26. The van der Waals surface area contributed by atoms with Crippen LogP contribution in [0, 0.1) is 21.8 Å². The van der Waals surface area contributed by atoms with Gasteiger partial charge in [0.25, 0.3) is 5.69 Å². The normalized spacial score (nSPS) is 19.3. The Bertz CT molecular complexity index is 684. The third-order valence-corrected chi connectivity index (χ3v) is 5.72. The monoisotopic (exact) mass is 378 g/mol. The van der Waals surface area contributed by atoms with Crippen LogP contribution in [0.1, 0.15) is 26.2 Å². The van der Waals surface area contributed by atoms with Crippen LogP contribution in [0.15, 0.2) is 18.2 Å². The quantitative estimate of drug-likeness (QED) is 0.582. The van der Waals surface area contributed by atoms with Crippen molar-refractivity contribution in [1.29, 1.82) is 0 Å². The molecule has 2 heterocycles. The van der Waals surface area contributed by atoms with E-state index < -0.39 is 10.7 Å². The van der Waals surface area contributed by atoms with Gasteiger partial charge in [-0.1, -0.05) is 6.92 Å². The maximum Gasteiger partial charge on any atom is 0.295 e. The fraction of sp³-hybridized carbons (Fsp3) is 0.632. The van der Waals surface area contributed by atoms with Crippen molar-refractivity contribution in [2.75, 3.05) is 50.7 Å². The highest BCUT2D eigenvalue weighted by atomic mass is 19.1. The van der Waals surface area contributed by atoms with E-state index in [4.69, 9.17) is 0 Å². The first-order chi connectivity index (χ1) is 13.0.